The predicted octanol–water partition coefficient (Wildman–Crippen LogP) is 1.48. The van der Waals surface area contributed by atoms with Crippen LogP contribution in [0, 0.1) is 5.92 Å². The number of carbonyl (C=O) groups excluding carboxylic acids is 1. The number of piperidine rings is 1. The van der Waals surface area contributed by atoms with Crippen molar-refractivity contribution in [3.8, 4) is 0 Å². The molecule has 2 fully saturated rings. The van der Waals surface area contributed by atoms with Gasteiger partial charge in [0.25, 0.3) is 0 Å². The molecule has 0 aliphatic carbocycles. The Hall–Kier alpha value is -0.320. The van der Waals surface area contributed by atoms with Crippen LogP contribution < -0.4 is 5.73 Å². The molecule has 19 heavy (non-hydrogen) atoms. The quantitative estimate of drug-likeness (QED) is 0.853. The van der Waals surface area contributed by atoms with Gasteiger partial charge in [0.15, 0.2) is 0 Å². The summed E-state index contributed by atoms with van der Waals surface area (Å²) in [5.41, 5.74) is 5.69. The van der Waals surface area contributed by atoms with Crippen LogP contribution in [0.3, 0.4) is 0 Å². The average molecular weight is 290 g/mol. The van der Waals surface area contributed by atoms with Crippen molar-refractivity contribution in [3.05, 3.63) is 0 Å². The second-order valence-electron chi connectivity index (χ2n) is 5.77. The molecule has 5 heteroatoms. The molecule has 0 aromatic heterocycles. The first-order valence-electron chi connectivity index (χ1n) is 7.46. The Balaban J connectivity index is 0.00000180. The monoisotopic (exact) mass is 289 g/mol. The number of amides is 1. The second-order valence-corrected chi connectivity index (χ2v) is 5.77. The minimum atomic E-state index is 0. The molecule has 1 amide bonds. The number of carbonyl (C=O) groups is 1. The van der Waals surface area contributed by atoms with Crippen LogP contribution in [-0.4, -0.2) is 54.5 Å². The van der Waals surface area contributed by atoms with E-state index in [4.69, 9.17) is 5.73 Å². The highest BCUT2D eigenvalue weighted by Crippen LogP contribution is 2.21. The number of nitrogens with two attached hydrogens (primary N) is 1. The van der Waals surface area contributed by atoms with Gasteiger partial charge < -0.3 is 10.6 Å². The number of hydrogen-bond acceptors (Lipinski definition) is 3. The number of likely N-dealkylation sites (tertiary alicyclic amines) is 2. The van der Waals surface area contributed by atoms with E-state index in [-0.39, 0.29) is 12.4 Å². The molecule has 0 bridgehead atoms. The summed E-state index contributed by atoms with van der Waals surface area (Å²) in [5, 5.41) is 0. The molecule has 2 atom stereocenters. The largest absolute Gasteiger partial charge is 0.339 e. The Morgan fingerprint density at radius 3 is 2.68 bits per heavy atom. The Morgan fingerprint density at radius 1 is 1.26 bits per heavy atom. The smallest absolute Gasteiger partial charge is 0.236 e. The molecule has 2 aliphatic rings. The number of halogens is 1. The first-order valence-corrected chi connectivity index (χ1v) is 7.46. The molecule has 2 aliphatic heterocycles. The molecule has 0 saturated carbocycles. The van der Waals surface area contributed by atoms with Crippen molar-refractivity contribution in [1.82, 2.24) is 9.80 Å². The predicted molar refractivity (Wildman–Crippen MR) is 80.5 cm³/mol. The minimum absolute atomic E-state index is 0. The third-order valence-electron chi connectivity index (χ3n) is 4.48. The van der Waals surface area contributed by atoms with Crippen molar-refractivity contribution in [3.63, 3.8) is 0 Å². The van der Waals surface area contributed by atoms with Crippen LogP contribution in [0.4, 0.5) is 0 Å². The molecular weight excluding hydrogens is 262 g/mol. The fourth-order valence-corrected chi connectivity index (χ4v) is 3.28. The molecule has 0 aromatic carbocycles. The summed E-state index contributed by atoms with van der Waals surface area (Å²) in [7, 11) is 0. The van der Waals surface area contributed by atoms with Crippen LogP contribution in [0.5, 0.6) is 0 Å². The molecule has 0 spiro atoms. The van der Waals surface area contributed by atoms with E-state index in [9.17, 15) is 4.79 Å². The fourth-order valence-electron chi connectivity index (χ4n) is 3.28. The summed E-state index contributed by atoms with van der Waals surface area (Å²) in [6, 6.07) is 0.485. The van der Waals surface area contributed by atoms with Crippen molar-refractivity contribution in [1.29, 1.82) is 0 Å². The Labute approximate surface area is 123 Å². The second kappa shape index (κ2) is 8.08. The van der Waals surface area contributed by atoms with Gasteiger partial charge in [0.05, 0.1) is 6.54 Å². The van der Waals surface area contributed by atoms with E-state index < -0.39 is 0 Å². The van der Waals surface area contributed by atoms with Crippen LogP contribution in [0.25, 0.3) is 0 Å². The molecule has 2 saturated heterocycles. The van der Waals surface area contributed by atoms with Crippen LogP contribution >= 0.6 is 12.4 Å². The number of rotatable bonds is 4. The molecule has 2 unspecified atom stereocenters. The highest BCUT2D eigenvalue weighted by atomic mass is 35.5. The molecule has 0 radical (unpaired) electrons. The average Bonchev–Trinajstić information content (AvgIpc) is 2.86. The van der Waals surface area contributed by atoms with Gasteiger partial charge >= 0.3 is 0 Å². The molecular formula is C14H28ClN3O. The Kier molecular flexibility index (Phi) is 7.11. The van der Waals surface area contributed by atoms with Crippen molar-refractivity contribution in [2.75, 3.05) is 32.7 Å². The van der Waals surface area contributed by atoms with Gasteiger partial charge in [0, 0.05) is 19.1 Å². The lowest BCUT2D eigenvalue weighted by Gasteiger charge is -2.36. The summed E-state index contributed by atoms with van der Waals surface area (Å²) in [6.45, 7) is 6.56. The lowest BCUT2D eigenvalue weighted by atomic mass is 10.00. The molecule has 2 heterocycles. The fraction of sp³-hybridized carbons (Fsp3) is 0.929. The maximum atomic E-state index is 12.4. The molecule has 2 rings (SSSR count). The first-order chi connectivity index (χ1) is 8.74. The SMILES string of the molecule is CCC1CCCCN1C(=O)CN1CCC(CN)C1.Cl. The van der Waals surface area contributed by atoms with E-state index in [2.05, 4.69) is 16.7 Å². The van der Waals surface area contributed by atoms with Crippen molar-refractivity contribution in [2.24, 2.45) is 11.7 Å². The first kappa shape index (κ1) is 16.7. The van der Waals surface area contributed by atoms with Crippen LogP contribution in [0.15, 0.2) is 0 Å². The third kappa shape index (κ3) is 4.33. The molecule has 4 nitrogen and oxygen atoms in total. The normalized spacial score (nSPS) is 28.2. The van der Waals surface area contributed by atoms with E-state index >= 15 is 0 Å². The third-order valence-corrected chi connectivity index (χ3v) is 4.48. The minimum Gasteiger partial charge on any atom is -0.339 e. The topological polar surface area (TPSA) is 49.6 Å². The van der Waals surface area contributed by atoms with E-state index in [1.165, 1.54) is 19.3 Å². The van der Waals surface area contributed by atoms with Gasteiger partial charge in [-0.05, 0) is 51.1 Å². The summed E-state index contributed by atoms with van der Waals surface area (Å²) in [5.74, 6) is 0.931. The van der Waals surface area contributed by atoms with Crippen molar-refractivity contribution < 1.29 is 4.79 Å². The van der Waals surface area contributed by atoms with Crippen molar-refractivity contribution >= 4 is 18.3 Å². The number of hydrogen-bond donors (Lipinski definition) is 1. The maximum Gasteiger partial charge on any atom is 0.236 e. The van der Waals surface area contributed by atoms with Gasteiger partial charge in [-0.2, -0.15) is 0 Å². The van der Waals surface area contributed by atoms with Gasteiger partial charge in [0.2, 0.25) is 5.91 Å². The highest BCUT2D eigenvalue weighted by molar-refractivity contribution is 5.85. The summed E-state index contributed by atoms with van der Waals surface area (Å²) in [4.78, 5) is 16.8. The molecule has 2 N–H and O–H groups in total. The highest BCUT2D eigenvalue weighted by Gasteiger charge is 2.28. The summed E-state index contributed by atoms with van der Waals surface area (Å²) in [6.07, 6.45) is 5.89. The van der Waals surface area contributed by atoms with E-state index in [1.54, 1.807) is 0 Å². The Bertz CT molecular complexity index is 288. The van der Waals surface area contributed by atoms with Gasteiger partial charge in [-0.3, -0.25) is 9.69 Å². The summed E-state index contributed by atoms with van der Waals surface area (Å²) < 4.78 is 0. The standard InChI is InChI=1S/C14H27N3O.ClH/c1-2-13-5-3-4-7-17(13)14(18)11-16-8-6-12(9-15)10-16;/h12-13H,2-11,15H2,1H3;1H. The van der Waals surface area contributed by atoms with Crippen LogP contribution in [-0.2, 0) is 4.79 Å². The molecule has 0 aromatic rings. The maximum absolute atomic E-state index is 12.4. The van der Waals surface area contributed by atoms with Gasteiger partial charge in [-0.1, -0.05) is 6.92 Å². The van der Waals surface area contributed by atoms with Crippen LogP contribution in [0.2, 0.25) is 0 Å². The van der Waals surface area contributed by atoms with Gasteiger partial charge in [0.1, 0.15) is 0 Å². The summed E-state index contributed by atoms with van der Waals surface area (Å²) >= 11 is 0. The zero-order valence-corrected chi connectivity index (χ0v) is 12.8. The van der Waals surface area contributed by atoms with E-state index in [0.29, 0.717) is 24.4 Å². The van der Waals surface area contributed by atoms with Crippen molar-refractivity contribution in [2.45, 2.75) is 45.1 Å². The van der Waals surface area contributed by atoms with E-state index in [1.807, 2.05) is 0 Å². The lowest BCUT2D eigenvalue weighted by molar-refractivity contribution is -0.136. The zero-order chi connectivity index (χ0) is 13.0. The molecule has 112 valence electrons. The zero-order valence-electron chi connectivity index (χ0n) is 12.0. The van der Waals surface area contributed by atoms with Gasteiger partial charge in [-0.25, -0.2) is 0 Å². The van der Waals surface area contributed by atoms with Gasteiger partial charge in [-0.15, -0.1) is 12.4 Å². The van der Waals surface area contributed by atoms with Crippen LogP contribution in [0.1, 0.15) is 39.0 Å². The van der Waals surface area contributed by atoms with E-state index in [0.717, 1.165) is 39.0 Å². The number of nitrogens with zero attached hydrogens (tertiary/aromatic N) is 2. The Morgan fingerprint density at radius 2 is 2.05 bits per heavy atom. The lowest BCUT2D eigenvalue weighted by Crippen LogP contribution is -2.47.